The molecule has 0 radical (unpaired) electrons. The predicted molar refractivity (Wildman–Crippen MR) is 142 cm³/mol. The summed E-state index contributed by atoms with van der Waals surface area (Å²) < 4.78 is 42.0. The highest BCUT2D eigenvalue weighted by atomic mass is 32.2. The number of carbonyl (C=O) groups is 2. The maximum Gasteiger partial charge on any atom is 0.264 e. The van der Waals surface area contributed by atoms with Crippen molar-refractivity contribution in [3.05, 3.63) is 95.8 Å². The first-order valence-corrected chi connectivity index (χ1v) is 13.4. The fourth-order valence-electron chi connectivity index (χ4n) is 3.74. The number of hydrogen-bond donors (Lipinski definition) is 1. The number of nitrogens with one attached hydrogen (secondary N) is 1. The van der Waals surface area contributed by atoms with E-state index < -0.39 is 34.3 Å². The van der Waals surface area contributed by atoms with Gasteiger partial charge in [0.2, 0.25) is 11.8 Å². The molecule has 0 saturated carbocycles. The zero-order valence-electron chi connectivity index (χ0n) is 21.4. The minimum Gasteiger partial charge on any atom is -0.352 e. The van der Waals surface area contributed by atoms with Crippen molar-refractivity contribution in [1.82, 2.24) is 10.2 Å². The molecule has 9 heteroatoms. The Kier molecular flexibility index (Phi) is 9.04. The molecule has 0 saturated heterocycles. The predicted octanol–water partition coefficient (Wildman–Crippen LogP) is 4.27. The smallest absolute Gasteiger partial charge is 0.264 e. The van der Waals surface area contributed by atoms with Crippen LogP contribution in [0.15, 0.2) is 83.8 Å². The Morgan fingerprint density at radius 3 is 2.05 bits per heavy atom. The highest BCUT2D eigenvalue weighted by Gasteiger charge is 2.32. The first kappa shape index (κ1) is 27.9. The summed E-state index contributed by atoms with van der Waals surface area (Å²) in [6, 6.07) is 19.3. The Hall–Kier alpha value is -3.72. The van der Waals surface area contributed by atoms with E-state index in [9.17, 15) is 22.4 Å². The largest absolute Gasteiger partial charge is 0.352 e. The van der Waals surface area contributed by atoms with Gasteiger partial charge in [-0.25, -0.2) is 12.8 Å². The lowest BCUT2D eigenvalue weighted by Gasteiger charge is -2.32. The number of sulfonamides is 1. The summed E-state index contributed by atoms with van der Waals surface area (Å²) >= 11 is 0. The lowest BCUT2D eigenvalue weighted by Crippen LogP contribution is -2.52. The van der Waals surface area contributed by atoms with E-state index in [0.29, 0.717) is 0 Å². The van der Waals surface area contributed by atoms with Crippen LogP contribution in [0.4, 0.5) is 10.1 Å². The van der Waals surface area contributed by atoms with Crippen molar-refractivity contribution in [2.75, 3.05) is 10.8 Å². The quantitative estimate of drug-likeness (QED) is 0.428. The van der Waals surface area contributed by atoms with Gasteiger partial charge < -0.3 is 10.2 Å². The molecule has 1 atom stereocenters. The Balaban J connectivity index is 2.01. The highest BCUT2D eigenvalue weighted by Crippen LogP contribution is 2.25. The summed E-state index contributed by atoms with van der Waals surface area (Å²) in [5.41, 5.74) is 1.80. The van der Waals surface area contributed by atoms with Gasteiger partial charge in [0.25, 0.3) is 10.0 Å². The van der Waals surface area contributed by atoms with E-state index in [4.69, 9.17) is 0 Å². The summed E-state index contributed by atoms with van der Waals surface area (Å²) in [4.78, 5) is 27.9. The third kappa shape index (κ3) is 7.16. The number of halogens is 1. The second-order valence-electron chi connectivity index (χ2n) is 9.15. The van der Waals surface area contributed by atoms with Crippen LogP contribution in [-0.2, 0) is 26.2 Å². The van der Waals surface area contributed by atoms with Gasteiger partial charge in [0.1, 0.15) is 18.4 Å². The van der Waals surface area contributed by atoms with Crippen LogP contribution >= 0.6 is 0 Å². The third-order valence-corrected chi connectivity index (χ3v) is 7.58. The molecule has 7 nitrogen and oxygen atoms in total. The van der Waals surface area contributed by atoms with Crippen molar-refractivity contribution < 1.29 is 22.4 Å². The van der Waals surface area contributed by atoms with Gasteiger partial charge in [-0.15, -0.1) is 0 Å². The molecular formula is C28H32FN3O4S. The van der Waals surface area contributed by atoms with Crippen LogP contribution in [0, 0.1) is 12.7 Å². The van der Waals surface area contributed by atoms with Crippen LogP contribution < -0.4 is 9.62 Å². The zero-order chi connectivity index (χ0) is 27.2. The average Bonchev–Trinajstić information content (AvgIpc) is 2.86. The minimum absolute atomic E-state index is 0.00423. The molecule has 0 aliphatic rings. The van der Waals surface area contributed by atoms with E-state index in [2.05, 4.69) is 5.32 Å². The molecule has 0 spiro atoms. The first-order chi connectivity index (χ1) is 17.5. The standard InChI is InChI=1S/C28H32FN3O4S/c1-20(2)30-28(34)22(4)31(18-23-8-6-5-7-9-23)27(33)19-32(25-14-12-24(29)13-15-25)37(35,36)26-16-10-21(3)11-17-26/h5-17,20,22H,18-19H2,1-4H3,(H,30,34)/t22-/m0/s1. The number of hydrogen-bond acceptors (Lipinski definition) is 4. The molecule has 1 N–H and O–H groups in total. The molecule has 37 heavy (non-hydrogen) atoms. The monoisotopic (exact) mass is 525 g/mol. The van der Waals surface area contributed by atoms with Crippen LogP contribution in [-0.4, -0.2) is 43.8 Å². The fraction of sp³-hybridized carbons (Fsp3) is 0.286. The normalized spacial score (nSPS) is 12.2. The fourth-order valence-corrected chi connectivity index (χ4v) is 5.16. The van der Waals surface area contributed by atoms with Gasteiger partial charge >= 0.3 is 0 Å². The van der Waals surface area contributed by atoms with E-state index >= 15 is 0 Å². The molecule has 0 unspecified atom stereocenters. The van der Waals surface area contributed by atoms with E-state index in [1.807, 2.05) is 51.1 Å². The molecule has 3 aromatic rings. The Morgan fingerprint density at radius 2 is 1.49 bits per heavy atom. The van der Waals surface area contributed by atoms with Crippen LogP contribution in [0.3, 0.4) is 0 Å². The van der Waals surface area contributed by atoms with Crippen LogP contribution in [0.1, 0.15) is 31.9 Å². The van der Waals surface area contributed by atoms with Crippen LogP contribution in [0.5, 0.6) is 0 Å². The lowest BCUT2D eigenvalue weighted by molar-refractivity contribution is -0.139. The second kappa shape index (κ2) is 12.0. The number of nitrogens with zero attached hydrogens (tertiary/aromatic N) is 2. The minimum atomic E-state index is -4.19. The topological polar surface area (TPSA) is 86.8 Å². The van der Waals surface area contributed by atoms with Gasteiger partial charge in [-0.05, 0) is 69.7 Å². The molecule has 0 aromatic heterocycles. The van der Waals surface area contributed by atoms with Crippen molar-refractivity contribution in [2.24, 2.45) is 0 Å². The highest BCUT2D eigenvalue weighted by molar-refractivity contribution is 7.92. The lowest BCUT2D eigenvalue weighted by atomic mass is 10.1. The number of amides is 2. The van der Waals surface area contributed by atoms with Gasteiger partial charge in [0.05, 0.1) is 10.6 Å². The molecule has 0 aliphatic carbocycles. The van der Waals surface area contributed by atoms with Gasteiger partial charge in [-0.1, -0.05) is 48.0 Å². The van der Waals surface area contributed by atoms with Gasteiger partial charge in [0, 0.05) is 12.6 Å². The summed E-state index contributed by atoms with van der Waals surface area (Å²) in [5.74, 6) is -1.46. The van der Waals surface area contributed by atoms with Crippen molar-refractivity contribution >= 4 is 27.5 Å². The maximum atomic E-state index is 13.7. The Bertz CT molecular complexity index is 1310. The Morgan fingerprint density at radius 1 is 0.892 bits per heavy atom. The average molecular weight is 526 g/mol. The molecule has 3 rings (SSSR count). The van der Waals surface area contributed by atoms with Crippen molar-refractivity contribution in [1.29, 1.82) is 0 Å². The molecule has 3 aromatic carbocycles. The van der Waals surface area contributed by atoms with E-state index in [1.54, 1.807) is 19.1 Å². The number of aryl methyl sites for hydroxylation is 1. The van der Waals surface area contributed by atoms with Gasteiger partial charge in [-0.3, -0.25) is 13.9 Å². The molecule has 0 fully saturated rings. The molecule has 196 valence electrons. The van der Waals surface area contributed by atoms with Crippen molar-refractivity contribution in [3.63, 3.8) is 0 Å². The van der Waals surface area contributed by atoms with Crippen molar-refractivity contribution in [2.45, 2.75) is 51.2 Å². The number of anilines is 1. The number of rotatable bonds is 10. The molecule has 2 amide bonds. The van der Waals surface area contributed by atoms with Gasteiger partial charge in [-0.2, -0.15) is 0 Å². The molecule has 0 aliphatic heterocycles. The van der Waals surface area contributed by atoms with E-state index in [-0.39, 0.29) is 29.1 Å². The summed E-state index contributed by atoms with van der Waals surface area (Å²) in [5, 5.41) is 2.81. The SMILES string of the molecule is Cc1ccc(S(=O)(=O)N(CC(=O)N(Cc2ccccc2)[C@@H](C)C(=O)NC(C)C)c2ccc(F)cc2)cc1. The molecule has 0 heterocycles. The molecule has 0 bridgehead atoms. The van der Waals surface area contributed by atoms with Crippen LogP contribution in [0.25, 0.3) is 0 Å². The second-order valence-corrected chi connectivity index (χ2v) is 11.0. The molecular weight excluding hydrogens is 493 g/mol. The number of carbonyl (C=O) groups excluding carboxylic acids is 2. The Labute approximate surface area is 218 Å². The van der Waals surface area contributed by atoms with Gasteiger partial charge in [0.15, 0.2) is 0 Å². The summed E-state index contributed by atoms with van der Waals surface area (Å²) in [6.07, 6.45) is 0. The van der Waals surface area contributed by atoms with E-state index in [0.717, 1.165) is 27.6 Å². The summed E-state index contributed by atoms with van der Waals surface area (Å²) in [7, 11) is -4.19. The maximum absolute atomic E-state index is 13.7. The zero-order valence-corrected chi connectivity index (χ0v) is 22.2. The number of benzene rings is 3. The first-order valence-electron chi connectivity index (χ1n) is 12.0. The summed E-state index contributed by atoms with van der Waals surface area (Å²) in [6.45, 7) is 6.61. The van der Waals surface area contributed by atoms with Crippen LogP contribution in [0.2, 0.25) is 0 Å². The van der Waals surface area contributed by atoms with E-state index in [1.165, 1.54) is 29.2 Å². The van der Waals surface area contributed by atoms with Crippen molar-refractivity contribution in [3.8, 4) is 0 Å². The third-order valence-electron chi connectivity index (χ3n) is 5.80.